The van der Waals surface area contributed by atoms with Gasteiger partial charge in [-0.05, 0) is 62.2 Å². The second-order valence-corrected chi connectivity index (χ2v) is 8.53. The molecule has 1 fully saturated rings. The minimum absolute atomic E-state index is 0.187. The molecule has 3 heterocycles. The van der Waals surface area contributed by atoms with Crippen LogP contribution in [0.2, 0.25) is 0 Å². The second-order valence-electron chi connectivity index (χ2n) is 8.53. The predicted molar refractivity (Wildman–Crippen MR) is 125 cm³/mol. The van der Waals surface area contributed by atoms with Crippen molar-refractivity contribution in [3.63, 3.8) is 0 Å². The van der Waals surface area contributed by atoms with Gasteiger partial charge in [0.05, 0.1) is 23.6 Å². The highest BCUT2D eigenvalue weighted by atomic mass is 19.1. The SMILES string of the molecule is O=c1ccc2c(OCCCN3CCC(NCc4cccc(F)c4)CC3)c3ccoc3cc2o1. The third kappa shape index (κ3) is 5.10. The van der Waals surface area contributed by atoms with Crippen molar-refractivity contribution in [3.8, 4) is 5.75 Å². The fourth-order valence-corrected chi connectivity index (χ4v) is 4.50. The Balaban J connectivity index is 1.10. The minimum Gasteiger partial charge on any atom is -0.492 e. The Morgan fingerprint density at radius 3 is 2.76 bits per heavy atom. The highest BCUT2D eigenvalue weighted by molar-refractivity contribution is 6.01. The Bertz CT molecular complexity index is 1290. The molecule has 0 bridgehead atoms. The average molecular weight is 451 g/mol. The maximum atomic E-state index is 13.3. The van der Waals surface area contributed by atoms with Gasteiger partial charge < -0.3 is 23.8 Å². The zero-order chi connectivity index (χ0) is 22.6. The van der Waals surface area contributed by atoms with E-state index in [9.17, 15) is 9.18 Å². The third-order valence-electron chi connectivity index (χ3n) is 6.25. The molecule has 1 N–H and O–H groups in total. The van der Waals surface area contributed by atoms with Crippen LogP contribution in [0.15, 0.2) is 68.4 Å². The van der Waals surface area contributed by atoms with Gasteiger partial charge in [-0.3, -0.25) is 0 Å². The largest absolute Gasteiger partial charge is 0.492 e. The van der Waals surface area contributed by atoms with Gasteiger partial charge in [0, 0.05) is 31.3 Å². The van der Waals surface area contributed by atoms with Crippen molar-refractivity contribution in [2.45, 2.75) is 31.8 Å². The first-order valence-electron chi connectivity index (χ1n) is 11.4. The predicted octanol–water partition coefficient (Wildman–Crippen LogP) is 4.70. The Labute approximate surface area is 190 Å². The first-order valence-corrected chi connectivity index (χ1v) is 11.4. The molecule has 4 aromatic rings. The van der Waals surface area contributed by atoms with Gasteiger partial charge >= 0.3 is 5.63 Å². The topological polar surface area (TPSA) is 67.8 Å². The molecule has 0 spiro atoms. The first-order chi connectivity index (χ1) is 16.2. The van der Waals surface area contributed by atoms with Crippen LogP contribution in [-0.4, -0.2) is 37.2 Å². The van der Waals surface area contributed by atoms with Gasteiger partial charge in [0.2, 0.25) is 0 Å². The number of ether oxygens (including phenoxy) is 1. The third-order valence-corrected chi connectivity index (χ3v) is 6.25. The van der Waals surface area contributed by atoms with E-state index < -0.39 is 5.63 Å². The maximum Gasteiger partial charge on any atom is 0.336 e. The molecule has 1 aliphatic rings. The number of rotatable bonds is 8. The quantitative estimate of drug-likeness (QED) is 0.310. The van der Waals surface area contributed by atoms with E-state index in [0.29, 0.717) is 36.1 Å². The van der Waals surface area contributed by atoms with Gasteiger partial charge in [0.1, 0.15) is 22.7 Å². The summed E-state index contributed by atoms with van der Waals surface area (Å²) >= 11 is 0. The summed E-state index contributed by atoms with van der Waals surface area (Å²) in [5, 5.41) is 5.20. The molecule has 0 amide bonds. The molecule has 0 unspecified atom stereocenters. The number of fused-ring (bicyclic) bond motifs is 2. The summed E-state index contributed by atoms with van der Waals surface area (Å²) in [7, 11) is 0. The summed E-state index contributed by atoms with van der Waals surface area (Å²) in [5.41, 5.74) is 1.69. The fraction of sp³-hybridized carbons (Fsp3) is 0.346. The Morgan fingerprint density at radius 1 is 1.06 bits per heavy atom. The van der Waals surface area contributed by atoms with Crippen molar-refractivity contribution in [3.05, 3.63) is 76.6 Å². The fourth-order valence-electron chi connectivity index (χ4n) is 4.50. The van der Waals surface area contributed by atoms with Crippen LogP contribution in [0.5, 0.6) is 5.75 Å². The van der Waals surface area contributed by atoms with Crippen LogP contribution in [0.3, 0.4) is 0 Å². The minimum atomic E-state index is -0.395. The lowest BCUT2D eigenvalue weighted by atomic mass is 10.0. The molecule has 1 aliphatic heterocycles. The number of benzene rings is 2. The van der Waals surface area contributed by atoms with E-state index in [1.54, 1.807) is 30.5 Å². The van der Waals surface area contributed by atoms with Crippen molar-refractivity contribution in [2.24, 2.45) is 0 Å². The number of halogens is 1. The summed E-state index contributed by atoms with van der Waals surface area (Å²) in [5.74, 6) is 0.508. The van der Waals surface area contributed by atoms with Gasteiger partial charge in [-0.2, -0.15) is 0 Å². The van der Waals surface area contributed by atoms with Crippen molar-refractivity contribution in [1.82, 2.24) is 10.2 Å². The Hall–Kier alpha value is -3.16. The van der Waals surface area contributed by atoms with Crippen LogP contribution >= 0.6 is 0 Å². The van der Waals surface area contributed by atoms with Gasteiger partial charge in [-0.15, -0.1) is 0 Å². The van der Waals surface area contributed by atoms with Gasteiger partial charge in [0.15, 0.2) is 0 Å². The number of hydrogen-bond donors (Lipinski definition) is 1. The first kappa shape index (κ1) is 21.7. The Kier molecular flexibility index (Phi) is 6.41. The van der Waals surface area contributed by atoms with Gasteiger partial charge in [-0.25, -0.2) is 9.18 Å². The summed E-state index contributed by atoms with van der Waals surface area (Å²) in [6.45, 7) is 4.30. The highest BCUT2D eigenvalue weighted by Gasteiger charge is 2.19. The molecule has 6 nitrogen and oxygen atoms in total. The van der Waals surface area contributed by atoms with Crippen LogP contribution in [0, 0.1) is 5.82 Å². The summed E-state index contributed by atoms with van der Waals surface area (Å²) in [6, 6.07) is 14.0. The van der Waals surface area contributed by atoms with Crippen molar-refractivity contribution in [2.75, 3.05) is 26.2 Å². The molecule has 0 atom stereocenters. The van der Waals surface area contributed by atoms with Crippen LogP contribution in [0.25, 0.3) is 21.9 Å². The number of piperidine rings is 1. The molecular weight excluding hydrogens is 423 g/mol. The van der Waals surface area contributed by atoms with E-state index in [4.69, 9.17) is 13.6 Å². The van der Waals surface area contributed by atoms with Crippen LogP contribution in [0.4, 0.5) is 4.39 Å². The van der Waals surface area contributed by atoms with E-state index in [1.807, 2.05) is 12.1 Å². The van der Waals surface area contributed by atoms with E-state index in [2.05, 4.69) is 10.2 Å². The molecule has 0 radical (unpaired) electrons. The van der Waals surface area contributed by atoms with Crippen molar-refractivity contribution in [1.29, 1.82) is 0 Å². The number of likely N-dealkylation sites (tertiary alicyclic amines) is 1. The lowest BCUT2D eigenvalue weighted by molar-refractivity contribution is 0.182. The van der Waals surface area contributed by atoms with Gasteiger partial charge in [-0.1, -0.05) is 12.1 Å². The van der Waals surface area contributed by atoms with Crippen molar-refractivity contribution >= 4 is 21.9 Å². The standard InChI is InChI=1S/C26H27FN2O4/c27-19-4-1-3-18(15-19)17-28-20-7-11-29(12-8-20)10-2-13-32-26-21-5-6-25(30)33-24(21)16-23-22(26)9-14-31-23/h1,3-6,9,14-16,20,28H,2,7-8,10-13,17H2. The highest BCUT2D eigenvalue weighted by Crippen LogP contribution is 2.35. The van der Waals surface area contributed by atoms with Gasteiger partial charge in [0.25, 0.3) is 0 Å². The number of furan rings is 1. The van der Waals surface area contributed by atoms with E-state index in [-0.39, 0.29) is 5.82 Å². The summed E-state index contributed by atoms with van der Waals surface area (Å²) < 4.78 is 30.3. The molecule has 2 aromatic heterocycles. The molecule has 5 rings (SSSR count). The normalized spacial score (nSPS) is 15.4. The molecular formula is C26H27FN2O4. The van der Waals surface area contributed by atoms with E-state index in [1.165, 1.54) is 12.1 Å². The van der Waals surface area contributed by atoms with Crippen molar-refractivity contribution < 1.29 is 18.0 Å². The number of hydrogen-bond acceptors (Lipinski definition) is 6. The van der Waals surface area contributed by atoms with E-state index in [0.717, 1.165) is 55.2 Å². The number of nitrogens with zero attached hydrogens (tertiary/aromatic N) is 1. The molecule has 7 heteroatoms. The molecule has 0 aliphatic carbocycles. The molecule has 0 saturated carbocycles. The summed E-state index contributed by atoms with van der Waals surface area (Å²) in [4.78, 5) is 14.0. The zero-order valence-corrected chi connectivity index (χ0v) is 18.4. The van der Waals surface area contributed by atoms with Crippen LogP contribution in [0.1, 0.15) is 24.8 Å². The average Bonchev–Trinajstić information content (AvgIpc) is 3.29. The molecule has 33 heavy (non-hydrogen) atoms. The summed E-state index contributed by atoms with van der Waals surface area (Å²) in [6.07, 6.45) is 4.66. The molecule has 172 valence electrons. The smallest absolute Gasteiger partial charge is 0.336 e. The lowest BCUT2D eigenvalue weighted by Crippen LogP contribution is -2.42. The maximum absolute atomic E-state index is 13.3. The lowest BCUT2D eigenvalue weighted by Gasteiger charge is -2.32. The Morgan fingerprint density at radius 2 is 1.91 bits per heavy atom. The number of nitrogens with one attached hydrogen (secondary N) is 1. The van der Waals surface area contributed by atoms with Crippen LogP contribution < -0.4 is 15.7 Å². The van der Waals surface area contributed by atoms with Crippen LogP contribution in [-0.2, 0) is 6.54 Å². The monoisotopic (exact) mass is 450 g/mol. The molecule has 1 saturated heterocycles. The zero-order valence-electron chi connectivity index (χ0n) is 18.4. The molecule has 2 aromatic carbocycles. The second kappa shape index (κ2) is 9.77. The van der Waals surface area contributed by atoms with E-state index >= 15 is 0 Å².